The van der Waals surface area contributed by atoms with Crippen LogP contribution >= 0.6 is 0 Å². The smallest absolute Gasteiger partial charge is 0.261 e. The molecule has 4 rings (SSSR count). The number of fused-ring (bicyclic) bond motifs is 1. The first-order chi connectivity index (χ1) is 12.2. The predicted molar refractivity (Wildman–Crippen MR) is 97.6 cm³/mol. The molecule has 0 bridgehead atoms. The summed E-state index contributed by atoms with van der Waals surface area (Å²) in [6.07, 6.45) is 5.33. The first-order valence-corrected chi connectivity index (χ1v) is 8.20. The molecule has 4 aromatic rings. The van der Waals surface area contributed by atoms with Crippen molar-refractivity contribution in [3.63, 3.8) is 0 Å². The van der Waals surface area contributed by atoms with Crippen LogP contribution in [0.15, 0.2) is 72.0 Å². The van der Waals surface area contributed by atoms with Gasteiger partial charge in [-0.05, 0) is 24.6 Å². The Labute approximate surface area is 145 Å². The number of nitrogens with zero attached hydrogens (tertiary/aromatic N) is 4. The summed E-state index contributed by atoms with van der Waals surface area (Å²) in [5, 5.41) is 0.643. The van der Waals surface area contributed by atoms with Gasteiger partial charge in [0.15, 0.2) is 0 Å². The van der Waals surface area contributed by atoms with Crippen LogP contribution in [0.3, 0.4) is 0 Å². The normalized spacial score (nSPS) is 11.1. The number of para-hydroxylation sites is 1. The van der Waals surface area contributed by atoms with Crippen LogP contribution < -0.4 is 5.56 Å². The largest absolute Gasteiger partial charge is 0.330 e. The second-order valence-electron chi connectivity index (χ2n) is 6.16. The fourth-order valence-corrected chi connectivity index (χ4v) is 2.92. The van der Waals surface area contributed by atoms with Crippen molar-refractivity contribution in [1.82, 2.24) is 19.1 Å². The van der Waals surface area contributed by atoms with Crippen LogP contribution in [0, 0.1) is 6.92 Å². The monoisotopic (exact) mass is 330 g/mol. The standard InChI is InChI=1S/C20H18N4O/c1-15-6-8-16(9-7-15)12-24-19(13-23-11-10-21-14-23)22-18-5-3-2-4-17(18)20(24)25/h2-11,14H,12-13H2,1H3. The average molecular weight is 330 g/mol. The highest BCUT2D eigenvalue weighted by Crippen LogP contribution is 2.12. The number of aryl methyl sites for hydroxylation is 1. The van der Waals surface area contributed by atoms with Gasteiger partial charge in [0, 0.05) is 12.4 Å². The summed E-state index contributed by atoms with van der Waals surface area (Å²) in [7, 11) is 0. The first-order valence-electron chi connectivity index (χ1n) is 8.20. The maximum Gasteiger partial charge on any atom is 0.261 e. The number of aromatic nitrogens is 4. The lowest BCUT2D eigenvalue weighted by Crippen LogP contribution is -2.27. The van der Waals surface area contributed by atoms with Crippen LogP contribution in [0.5, 0.6) is 0 Å². The van der Waals surface area contributed by atoms with E-state index in [1.54, 1.807) is 17.1 Å². The molecule has 0 saturated carbocycles. The van der Waals surface area contributed by atoms with Gasteiger partial charge in [-0.15, -0.1) is 0 Å². The number of imidazole rings is 1. The van der Waals surface area contributed by atoms with E-state index >= 15 is 0 Å². The Morgan fingerprint density at radius 1 is 1.00 bits per heavy atom. The zero-order valence-electron chi connectivity index (χ0n) is 14.0. The molecule has 0 unspecified atom stereocenters. The van der Waals surface area contributed by atoms with E-state index in [1.165, 1.54) is 5.56 Å². The van der Waals surface area contributed by atoms with Crippen molar-refractivity contribution in [2.75, 3.05) is 0 Å². The van der Waals surface area contributed by atoms with Gasteiger partial charge in [-0.25, -0.2) is 9.97 Å². The maximum atomic E-state index is 13.0. The molecule has 2 aromatic carbocycles. The lowest BCUT2D eigenvalue weighted by molar-refractivity contribution is 0.635. The van der Waals surface area contributed by atoms with E-state index in [9.17, 15) is 4.79 Å². The average Bonchev–Trinajstić information content (AvgIpc) is 3.13. The SMILES string of the molecule is Cc1ccc(Cn2c(Cn3ccnc3)nc3ccccc3c2=O)cc1. The molecule has 0 radical (unpaired) electrons. The molecule has 0 fully saturated rings. The van der Waals surface area contributed by atoms with Crippen LogP contribution in [0.1, 0.15) is 17.0 Å². The van der Waals surface area contributed by atoms with Gasteiger partial charge in [0.05, 0.1) is 30.3 Å². The summed E-state index contributed by atoms with van der Waals surface area (Å²) in [4.78, 5) is 21.9. The van der Waals surface area contributed by atoms with E-state index in [-0.39, 0.29) is 5.56 Å². The highest BCUT2D eigenvalue weighted by molar-refractivity contribution is 5.77. The van der Waals surface area contributed by atoms with E-state index in [0.29, 0.717) is 18.5 Å². The molecule has 5 heteroatoms. The molecule has 124 valence electrons. The Hall–Kier alpha value is -3.21. The Bertz CT molecular complexity index is 1060. The lowest BCUT2D eigenvalue weighted by atomic mass is 10.1. The third-order valence-electron chi connectivity index (χ3n) is 4.29. The van der Waals surface area contributed by atoms with Crippen molar-refractivity contribution in [2.45, 2.75) is 20.0 Å². The zero-order valence-corrected chi connectivity index (χ0v) is 14.0. The van der Waals surface area contributed by atoms with Crippen molar-refractivity contribution >= 4 is 10.9 Å². The van der Waals surface area contributed by atoms with Crippen molar-refractivity contribution < 1.29 is 0 Å². The van der Waals surface area contributed by atoms with Gasteiger partial charge in [-0.3, -0.25) is 9.36 Å². The molecule has 0 atom stereocenters. The van der Waals surface area contributed by atoms with Crippen molar-refractivity contribution in [1.29, 1.82) is 0 Å². The van der Waals surface area contributed by atoms with E-state index in [2.05, 4.69) is 36.2 Å². The maximum absolute atomic E-state index is 13.0. The van der Waals surface area contributed by atoms with Crippen molar-refractivity contribution in [3.05, 3.63) is 94.6 Å². The second-order valence-corrected chi connectivity index (χ2v) is 6.16. The molecule has 0 aliphatic heterocycles. The van der Waals surface area contributed by atoms with Gasteiger partial charge in [-0.1, -0.05) is 42.0 Å². The fraction of sp³-hybridized carbons (Fsp3) is 0.150. The van der Waals surface area contributed by atoms with Gasteiger partial charge >= 0.3 is 0 Å². The Morgan fingerprint density at radius 3 is 2.56 bits per heavy atom. The molecule has 0 aliphatic rings. The summed E-state index contributed by atoms with van der Waals surface area (Å²) in [5.41, 5.74) is 2.99. The molecular formula is C20H18N4O. The third kappa shape index (κ3) is 3.08. The zero-order chi connectivity index (χ0) is 17.2. The second kappa shape index (κ2) is 6.36. The van der Waals surface area contributed by atoms with Gasteiger partial charge in [-0.2, -0.15) is 0 Å². The van der Waals surface area contributed by atoms with Gasteiger partial charge in [0.25, 0.3) is 5.56 Å². The molecule has 0 spiro atoms. The highest BCUT2D eigenvalue weighted by Gasteiger charge is 2.12. The highest BCUT2D eigenvalue weighted by atomic mass is 16.1. The summed E-state index contributed by atoms with van der Waals surface area (Å²) in [6, 6.07) is 15.7. The van der Waals surface area contributed by atoms with E-state index in [0.717, 1.165) is 16.9 Å². The predicted octanol–water partition coefficient (Wildman–Crippen LogP) is 3.00. The summed E-state index contributed by atoms with van der Waals surface area (Å²) in [5.74, 6) is 0.724. The number of hydrogen-bond donors (Lipinski definition) is 0. The number of hydrogen-bond acceptors (Lipinski definition) is 3. The molecule has 0 saturated heterocycles. The Balaban J connectivity index is 1.85. The topological polar surface area (TPSA) is 52.7 Å². The van der Waals surface area contributed by atoms with Gasteiger partial charge in [0.2, 0.25) is 0 Å². The van der Waals surface area contributed by atoms with E-state index < -0.39 is 0 Å². The molecule has 0 aliphatic carbocycles. The molecule has 0 N–H and O–H groups in total. The van der Waals surface area contributed by atoms with Gasteiger partial charge < -0.3 is 4.57 Å². The minimum atomic E-state index is -0.0127. The van der Waals surface area contributed by atoms with Gasteiger partial charge in [0.1, 0.15) is 5.82 Å². The van der Waals surface area contributed by atoms with E-state index in [1.807, 2.05) is 35.0 Å². The van der Waals surface area contributed by atoms with Crippen molar-refractivity contribution in [3.8, 4) is 0 Å². The molecule has 5 nitrogen and oxygen atoms in total. The Kier molecular flexibility index (Phi) is 3.90. The van der Waals surface area contributed by atoms with Crippen molar-refractivity contribution in [2.24, 2.45) is 0 Å². The summed E-state index contributed by atoms with van der Waals surface area (Å²) in [6.45, 7) is 3.06. The summed E-state index contributed by atoms with van der Waals surface area (Å²) >= 11 is 0. The van der Waals surface area contributed by atoms with Crippen LogP contribution in [0.4, 0.5) is 0 Å². The fourth-order valence-electron chi connectivity index (χ4n) is 2.92. The van der Waals surface area contributed by atoms with Crippen LogP contribution in [0.25, 0.3) is 10.9 Å². The van der Waals surface area contributed by atoms with Crippen LogP contribution in [-0.2, 0) is 13.1 Å². The van der Waals surface area contributed by atoms with E-state index in [4.69, 9.17) is 4.98 Å². The molecule has 2 heterocycles. The van der Waals surface area contributed by atoms with Crippen LogP contribution in [-0.4, -0.2) is 19.1 Å². The number of rotatable bonds is 4. The minimum Gasteiger partial charge on any atom is -0.330 e. The number of benzene rings is 2. The first kappa shape index (κ1) is 15.3. The Morgan fingerprint density at radius 2 is 1.80 bits per heavy atom. The molecule has 2 aromatic heterocycles. The summed E-state index contributed by atoms with van der Waals surface area (Å²) < 4.78 is 3.68. The molecule has 0 amide bonds. The lowest BCUT2D eigenvalue weighted by Gasteiger charge is -2.14. The quantitative estimate of drug-likeness (QED) is 0.578. The minimum absolute atomic E-state index is 0.0127. The third-order valence-corrected chi connectivity index (χ3v) is 4.29. The van der Waals surface area contributed by atoms with Crippen LogP contribution in [0.2, 0.25) is 0 Å². The molecule has 25 heavy (non-hydrogen) atoms. The molecular weight excluding hydrogens is 312 g/mol.